The van der Waals surface area contributed by atoms with Crippen molar-refractivity contribution in [2.45, 2.75) is 58.4 Å². The molecule has 0 aromatic heterocycles. The third-order valence-electron chi connectivity index (χ3n) is 4.62. The van der Waals surface area contributed by atoms with E-state index in [-0.39, 0.29) is 5.91 Å². The molecule has 0 bridgehead atoms. The number of nitrogens with zero attached hydrogens (tertiary/aromatic N) is 1. The Labute approximate surface area is 128 Å². The summed E-state index contributed by atoms with van der Waals surface area (Å²) in [4.78, 5) is 14.8. The first-order chi connectivity index (χ1) is 10.1. The summed E-state index contributed by atoms with van der Waals surface area (Å²) in [5.41, 5.74) is 9.29. The van der Waals surface area contributed by atoms with E-state index in [2.05, 4.69) is 36.9 Å². The second-order valence-corrected chi connectivity index (χ2v) is 6.26. The lowest BCUT2D eigenvalue weighted by molar-refractivity contribution is -0.132. The summed E-state index contributed by atoms with van der Waals surface area (Å²) in [6, 6.07) is 6.77. The SMILES string of the molecule is Cc1ccc(CC(=O)N(CCCN)C2CCCC2)cc1C. The molecule has 1 aliphatic rings. The minimum Gasteiger partial charge on any atom is -0.339 e. The molecule has 0 aliphatic heterocycles. The van der Waals surface area contributed by atoms with Gasteiger partial charge in [0.05, 0.1) is 6.42 Å². The van der Waals surface area contributed by atoms with E-state index in [1.165, 1.54) is 24.0 Å². The highest BCUT2D eigenvalue weighted by molar-refractivity contribution is 5.79. The van der Waals surface area contributed by atoms with Crippen molar-refractivity contribution in [2.24, 2.45) is 5.73 Å². The monoisotopic (exact) mass is 288 g/mol. The van der Waals surface area contributed by atoms with Gasteiger partial charge in [-0.05, 0) is 56.3 Å². The van der Waals surface area contributed by atoms with Gasteiger partial charge in [-0.2, -0.15) is 0 Å². The fourth-order valence-corrected chi connectivity index (χ4v) is 3.18. The Balaban J connectivity index is 2.04. The number of hydrogen-bond donors (Lipinski definition) is 1. The van der Waals surface area contributed by atoms with Crippen molar-refractivity contribution in [1.82, 2.24) is 4.90 Å². The average Bonchev–Trinajstić information content (AvgIpc) is 2.97. The van der Waals surface area contributed by atoms with Gasteiger partial charge in [0.1, 0.15) is 0 Å². The van der Waals surface area contributed by atoms with Crippen LogP contribution < -0.4 is 5.73 Å². The van der Waals surface area contributed by atoms with Crippen LogP contribution in [0.1, 0.15) is 48.8 Å². The number of nitrogens with two attached hydrogens (primary N) is 1. The van der Waals surface area contributed by atoms with E-state index in [1.54, 1.807) is 0 Å². The maximum Gasteiger partial charge on any atom is 0.227 e. The largest absolute Gasteiger partial charge is 0.339 e. The van der Waals surface area contributed by atoms with E-state index >= 15 is 0 Å². The summed E-state index contributed by atoms with van der Waals surface area (Å²) in [6.07, 6.45) is 6.23. The van der Waals surface area contributed by atoms with Crippen LogP contribution in [0, 0.1) is 13.8 Å². The lowest BCUT2D eigenvalue weighted by atomic mass is 10.0. The van der Waals surface area contributed by atoms with Gasteiger partial charge in [-0.25, -0.2) is 0 Å². The van der Waals surface area contributed by atoms with E-state index in [1.807, 2.05) is 0 Å². The molecule has 0 saturated heterocycles. The first-order valence-electron chi connectivity index (χ1n) is 8.17. The summed E-state index contributed by atoms with van der Waals surface area (Å²) in [5, 5.41) is 0. The molecule has 0 heterocycles. The standard InChI is InChI=1S/C18H28N2O/c1-14-8-9-16(12-15(14)2)13-18(21)20(11-5-10-19)17-6-3-4-7-17/h8-9,12,17H,3-7,10-11,13,19H2,1-2H3. The molecular weight excluding hydrogens is 260 g/mol. The first-order valence-corrected chi connectivity index (χ1v) is 8.17. The van der Waals surface area contributed by atoms with E-state index in [0.717, 1.165) is 31.4 Å². The third-order valence-corrected chi connectivity index (χ3v) is 4.62. The van der Waals surface area contributed by atoms with E-state index in [9.17, 15) is 4.79 Å². The Morgan fingerprint density at radius 2 is 1.95 bits per heavy atom. The normalized spacial score (nSPS) is 15.4. The molecule has 21 heavy (non-hydrogen) atoms. The summed E-state index contributed by atoms with van der Waals surface area (Å²) in [5.74, 6) is 0.263. The molecular formula is C18H28N2O. The fraction of sp³-hybridized carbons (Fsp3) is 0.611. The van der Waals surface area contributed by atoms with Gasteiger partial charge in [0.2, 0.25) is 5.91 Å². The molecule has 1 aromatic carbocycles. The molecule has 1 aromatic rings. The molecule has 116 valence electrons. The van der Waals surface area contributed by atoms with Crippen LogP contribution in [0.5, 0.6) is 0 Å². The number of benzene rings is 1. The zero-order valence-corrected chi connectivity index (χ0v) is 13.4. The highest BCUT2D eigenvalue weighted by atomic mass is 16.2. The van der Waals surface area contributed by atoms with Gasteiger partial charge in [0.15, 0.2) is 0 Å². The van der Waals surface area contributed by atoms with Crippen molar-refractivity contribution in [3.05, 3.63) is 34.9 Å². The zero-order chi connectivity index (χ0) is 15.2. The van der Waals surface area contributed by atoms with Crippen LogP contribution in [-0.4, -0.2) is 29.9 Å². The Morgan fingerprint density at radius 3 is 2.57 bits per heavy atom. The third kappa shape index (κ3) is 4.31. The molecule has 3 nitrogen and oxygen atoms in total. The zero-order valence-electron chi connectivity index (χ0n) is 13.4. The van der Waals surface area contributed by atoms with Crippen molar-refractivity contribution in [2.75, 3.05) is 13.1 Å². The van der Waals surface area contributed by atoms with Crippen LogP contribution in [0.2, 0.25) is 0 Å². The second-order valence-electron chi connectivity index (χ2n) is 6.26. The van der Waals surface area contributed by atoms with Gasteiger partial charge in [0, 0.05) is 12.6 Å². The number of carbonyl (C=O) groups is 1. The Hall–Kier alpha value is -1.35. The van der Waals surface area contributed by atoms with Gasteiger partial charge in [-0.3, -0.25) is 4.79 Å². The van der Waals surface area contributed by atoms with Crippen molar-refractivity contribution in [3.63, 3.8) is 0 Å². The predicted octanol–water partition coefficient (Wildman–Crippen LogP) is 2.97. The molecule has 0 unspecified atom stereocenters. The molecule has 1 saturated carbocycles. The molecule has 1 fully saturated rings. The summed E-state index contributed by atoms with van der Waals surface area (Å²) < 4.78 is 0. The van der Waals surface area contributed by atoms with Crippen LogP contribution >= 0.6 is 0 Å². The van der Waals surface area contributed by atoms with Gasteiger partial charge in [-0.1, -0.05) is 31.0 Å². The molecule has 1 amide bonds. The van der Waals surface area contributed by atoms with Gasteiger partial charge < -0.3 is 10.6 Å². The number of amides is 1. The predicted molar refractivity (Wildman–Crippen MR) is 87.3 cm³/mol. The van der Waals surface area contributed by atoms with Crippen molar-refractivity contribution in [3.8, 4) is 0 Å². The second kappa shape index (κ2) is 7.60. The minimum atomic E-state index is 0.263. The molecule has 0 atom stereocenters. The first kappa shape index (κ1) is 16.0. The van der Waals surface area contributed by atoms with Crippen LogP contribution in [0.3, 0.4) is 0 Å². The Bertz CT molecular complexity index is 478. The highest BCUT2D eigenvalue weighted by Gasteiger charge is 2.26. The lowest BCUT2D eigenvalue weighted by Gasteiger charge is -2.29. The van der Waals surface area contributed by atoms with Crippen molar-refractivity contribution < 1.29 is 4.79 Å². The van der Waals surface area contributed by atoms with Gasteiger partial charge in [0.25, 0.3) is 0 Å². The minimum absolute atomic E-state index is 0.263. The summed E-state index contributed by atoms with van der Waals surface area (Å²) in [6.45, 7) is 5.67. The fourth-order valence-electron chi connectivity index (χ4n) is 3.18. The highest BCUT2D eigenvalue weighted by Crippen LogP contribution is 2.24. The number of aryl methyl sites for hydroxylation is 2. The molecule has 2 N–H and O–H groups in total. The number of rotatable bonds is 6. The smallest absolute Gasteiger partial charge is 0.227 e. The van der Waals surface area contributed by atoms with E-state index < -0.39 is 0 Å². The molecule has 0 radical (unpaired) electrons. The topological polar surface area (TPSA) is 46.3 Å². The molecule has 2 rings (SSSR count). The van der Waals surface area contributed by atoms with E-state index in [4.69, 9.17) is 5.73 Å². The maximum atomic E-state index is 12.7. The summed E-state index contributed by atoms with van der Waals surface area (Å²) in [7, 11) is 0. The van der Waals surface area contributed by atoms with Crippen LogP contribution in [0.25, 0.3) is 0 Å². The van der Waals surface area contributed by atoms with Gasteiger partial charge >= 0.3 is 0 Å². The molecule has 0 spiro atoms. The lowest BCUT2D eigenvalue weighted by Crippen LogP contribution is -2.41. The molecule has 3 heteroatoms. The average molecular weight is 288 g/mol. The van der Waals surface area contributed by atoms with Crippen molar-refractivity contribution >= 4 is 5.91 Å². The maximum absolute atomic E-state index is 12.7. The van der Waals surface area contributed by atoms with Crippen LogP contribution in [0.4, 0.5) is 0 Å². The van der Waals surface area contributed by atoms with Crippen LogP contribution in [-0.2, 0) is 11.2 Å². The Kier molecular flexibility index (Phi) is 5.80. The number of hydrogen-bond acceptors (Lipinski definition) is 2. The number of carbonyl (C=O) groups excluding carboxylic acids is 1. The summed E-state index contributed by atoms with van der Waals surface area (Å²) >= 11 is 0. The van der Waals surface area contributed by atoms with Crippen molar-refractivity contribution in [1.29, 1.82) is 0 Å². The van der Waals surface area contributed by atoms with Gasteiger partial charge in [-0.15, -0.1) is 0 Å². The Morgan fingerprint density at radius 1 is 1.24 bits per heavy atom. The quantitative estimate of drug-likeness (QED) is 0.874. The van der Waals surface area contributed by atoms with E-state index in [0.29, 0.717) is 19.0 Å². The molecule has 1 aliphatic carbocycles. The van der Waals surface area contributed by atoms with Crippen LogP contribution in [0.15, 0.2) is 18.2 Å².